The zero-order chi connectivity index (χ0) is 12.6. The fraction of sp³-hybridized carbons (Fsp3) is 0.250. The SMILES string of the molecule is C#CC1CC(=O)N(c2cc(F)cc(F)c2N)C1. The summed E-state index contributed by atoms with van der Waals surface area (Å²) in [7, 11) is 0. The first-order valence-corrected chi connectivity index (χ1v) is 5.04. The van der Waals surface area contributed by atoms with Gasteiger partial charge < -0.3 is 10.6 Å². The third-order valence-corrected chi connectivity index (χ3v) is 2.72. The third kappa shape index (κ3) is 1.94. The van der Waals surface area contributed by atoms with Gasteiger partial charge in [-0.2, -0.15) is 0 Å². The van der Waals surface area contributed by atoms with Gasteiger partial charge in [0.05, 0.1) is 11.4 Å². The Bertz CT molecular complexity index is 522. The molecule has 0 spiro atoms. The highest BCUT2D eigenvalue weighted by molar-refractivity contribution is 5.98. The molecule has 0 aromatic heterocycles. The lowest BCUT2D eigenvalue weighted by molar-refractivity contribution is -0.117. The second-order valence-electron chi connectivity index (χ2n) is 3.89. The molecule has 1 aromatic rings. The Kier molecular flexibility index (Phi) is 2.72. The van der Waals surface area contributed by atoms with Crippen molar-refractivity contribution in [2.75, 3.05) is 17.2 Å². The first-order valence-electron chi connectivity index (χ1n) is 5.04. The minimum absolute atomic E-state index is 0.0465. The second-order valence-corrected chi connectivity index (χ2v) is 3.89. The summed E-state index contributed by atoms with van der Waals surface area (Å²) in [5.74, 6) is 0.284. The quantitative estimate of drug-likeness (QED) is 0.593. The Balaban J connectivity index is 2.42. The van der Waals surface area contributed by atoms with Crippen LogP contribution in [0.25, 0.3) is 0 Å². The average molecular weight is 236 g/mol. The number of hydrogen-bond donors (Lipinski definition) is 1. The van der Waals surface area contributed by atoms with Gasteiger partial charge in [0, 0.05) is 24.9 Å². The van der Waals surface area contributed by atoms with Crippen LogP contribution in [0, 0.1) is 29.9 Å². The number of halogens is 2. The lowest BCUT2D eigenvalue weighted by Crippen LogP contribution is -2.25. The number of nitrogen functional groups attached to an aromatic ring is 1. The Labute approximate surface area is 97.2 Å². The van der Waals surface area contributed by atoms with Crippen LogP contribution in [0.2, 0.25) is 0 Å². The molecule has 0 bridgehead atoms. The first kappa shape index (κ1) is 11.4. The van der Waals surface area contributed by atoms with Crippen molar-refractivity contribution in [2.24, 2.45) is 5.92 Å². The monoisotopic (exact) mass is 236 g/mol. The number of nitrogens with zero attached hydrogens (tertiary/aromatic N) is 1. The second kappa shape index (κ2) is 4.06. The van der Waals surface area contributed by atoms with Crippen molar-refractivity contribution < 1.29 is 13.6 Å². The minimum Gasteiger partial charge on any atom is -0.395 e. The average Bonchev–Trinajstić information content (AvgIpc) is 2.65. The summed E-state index contributed by atoms with van der Waals surface area (Å²) in [6, 6.07) is 1.72. The molecule has 1 aliphatic heterocycles. The number of carbonyl (C=O) groups excluding carboxylic acids is 1. The molecule has 88 valence electrons. The summed E-state index contributed by atoms with van der Waals surface area (Å²) in [6.07, 6.45) is 5.40. The van der Waals surface area contributed by atoms with Crippen molar-refractivity contribution >= 4 is 17.3 Å². The lowest BCUT2D eigenvalue weighted by Gasteiger charge is -2.18. The normalized spacial score (nSPS) is 19.5. The molecule has 1 saturated heterocycles. The molecule has 2 N–H and O–H groups in total. The van der Waals surface area contributed by atoms with Gasteiger partial charge in [0.15, 0.2) is 5.82 Å². The molecule has 1 heterocycles. The molecular weight excluding hydrogens is 226 g/mol. The molecule has 1 atom stereocenters. The summed E-state index contributed by atoms with van der Waals surface area (Å²) in [4.78, 5) is 12.9. The number of benzene rings is 1. The van der Waals surface area contributed by atoms with Crippen molar-refractivity contribution in [3.8, 4) is 12.3 Å². The van der Waals surface area contributed by atoms with E-state index in [4.69, 9.17) is 12.2 Å². The van der Waals surface area contributed by atoms with E-state index in [2.05, 4.69) is 5.92 Å². The van der Waals surface area contributed by atoms with E-state index in [-0.39, 0.29) is 36.2 Å². The highest BCUT2D eigenvalue weighted by Crippen LogP contribution is 2.31. The van der Waals surface area contributed by atoms with E-state index in [1.54, 1.807) is 0 Å². The van der Waals surface area contributed by atoms with Gasteiger partial charge in [-0.3, -0.25) is 4.79 Å². The van der Waals surface area contributed by atoms with Crippen LogP contribution < -0.4 is 10.6 Å². The van der Waals surface area contributed by atoms with Gasteiger partial charge in [-0.1, -0.05) is 0 Å². The van der Waals surface area contributed by atoms with Crippen molar-refractivity contribution in [1.29, 1.82) is 0 Å². The number of nitrogens with two attached hydrogens (primary N) is 1. The van der Waals surface area contributed by atoms with Gasteiger partial charge in [0.25, 0.3) is 0 Å². The molecule has 3 nitrogen and oxygen atoms in total. The number of hydrogen-bond acceptors (Lipinski definition) is 2. The minimum atomic E-state index is -0.878. The Morgan fingerprint density at radius 2 is 2.18 bits per heavy atom. The van der Waals surface area contributed by atoms with Gasteiger partial charge in [-0.25, -0.2) is 8.78 Å². The molecule has 0 aliphatic carbocycles. The molecule has 17 heavy (non-hydrogen) atoms. The number of carbonyl (C=O) groups is 1. The number of amides is 1. The smallest absolute Gasteiger partial charge is 0.228 e. The summed E-state index contributed by atoms with van der Waals surface area (Å²) < 4.78 is 26.3. The Hall–Kier alpha value is -2.09. The maximum absolute atomic E-state index is 13.3. The van der Waals surface area contributed by atoms with Crippen LogP contribution in [0.3, 0.4) is 0 Å². The molecule has 1 amide bonds. The summed E-state index contributed by atoms with van der Waals surface area (Å²) in [6.45, 7) is 0.239. The molecule has 2 rings (SSSR count). The van der Waals surface area contributed by atoms with E-state index >= 15 is 0 Å². The van der Waals surface area contributed by atoms with E-state index in [1.807, 2.05) is 0 Å². The Morgan fingerprint density at radius 3 is 2.76 bits per heavy atom. The Morgan fingerprint density at radius 1 is 1.47 bits per heavy atom. The first-order chi connectivity index (χ1) is 8.02. The van der Waals surface area contributed by atoms with Crippen LogP contribution in [0.1, 0.15) is 6.42 Å². The van der Waals surface area contributed by atoms with E-state index in [1.165, 1.54) is 4.90 Å². The van der Waals surface area contributed by atoms with Crippen LogP contribution in [0.4, 0.5) is 20.2 Å². The molecule has 5 heteroatoms. The van der Waals surface area contributed by atoms with Crippen LogP contribution >= 0.6 is 0 Å². The number of anilines is 2. The van der Waals surface area contributed by atoms with Gasteiger partial charge in [0.1, 0.15) is 5.82 Å². The van der Waals surface area contributed by atoms with Crippen molar-refractivity contribution in [1.82, 2.24) is 0 Å². The van der Waals surface area contributed by atoms with Crippen LogP contribution in [0.15, 0.2) is 12.1 Å². The topological polar surface area (TPSA) is 46.3 Å². The fourth-order valence-electron chi connectivity index (χ4n) is 1.85. The van der Waals surface area contributed by atoms with Crippen LogP contribution in [0.5, 0.6) is 0 Å². The molecule has 0 saturated carbocycles. The van der Waals surface area contributed by atoms with Crippen LogP contribution in [-0.4, -0.2) is 12.5 Å². The molecule has 1 aliphatic rings. The van der Waals surface area contributed by atoms with E-state index in [0.29, 0.717) is 6.07 Å². The number of terminal acetylenes is 1. The van der Waals surface area contributed by atoms with Gasteiger partial charge >= 0.3 is 0 Å². The summed E-state index contributed by atoms with van der Waals surface area (Å²) in [5, 5.41) is 0. The standard InChI is InChI=1S/C12H10F2N2O/c1-2-7-3-11(17)16(6-7)10-5-8(13)4-9(14)12(10)15/h1,4-5,7H,3,6,15H2. The largest absolute Gasteiger partial charge is 0.395 e. The molecule has 1 unspecified atom stereocenters. The summed E-state index contributed by atoms with van der Waals surface area (Å²) in [5.41, 5.74) is 5.30. The van der Waals surface area contributed by atoms with E-state index in [0.717, 1.165) is 6.07 Å². The zero-order valence-corrected chi connectivity index (χ0v) is 8.91. The third-order valence-electron chi connectivity index (χ3n) is 2.72. The fourth-order valence-corrected chi connectivity index (χ4v) is 1.85. The predicted molar refractivity (Wildman–Crippen MR) is 60.1 cm³/mol. The summed E-state index contributed by atoms with van der Waals surface area (Å²) >= 11 is 0. The predicted octanol–water partition coefficient (Wildman–Crippen LogP) is 1.53. The van der Waals surface area contributed by atoms with Gasteiger partial charge in [0.2, 0.25) is 5.91 Å². The molecule has 1 aromatic carbocycles. The molecule has 0 radical (unpaired) electrons. The maximum atomic E-state index is 13.3. The number of rotatable bonds is 1. The van der Waals surface area contributed by atoms with E-state index in [9.17, 15) is 13.6 Å². The van der Waals surface area contributed by atoms with Crippen LogP contribution in [-0.2, 0) is 4.79 Å². The lowest BCUT2D eigenvalue weighted by atomic mass is 10.1. The zero-order valence-electron chi connectivity index (χ0n) is 8.91. The maximum Gasteiger partial charge on any atom is 0.228 e. The highest BCUT2D eigenvalue weighted by Gasteiger charge is 2.31. The van der Waals surface area contributed by atoms with Gasteiger partial charge in [-0.05, 0) is 6.07 Å². The molecule has 1 fully saturated rings. The van der Waals surface area contributed by atoms with E-state index < -0.39 is 11.6 Å². The van der Waals surface area contributed by atoms with Crippen molar-refractivity contribution in [3.63, 3.8) is 0 Å². The van der Waals surface area contributed by atoms with Gasteiger partial charge in [-0.15, -0.1) is 12.3 Å². The molecular formula is C12H10F2N2O. The van der Waals surface area contributed by atoms with Crippen molar-refractivity contribution in [2.45, 2.75) is 6.42 Å². The highest BCUT2D eigenvalue weighted by atomic mass is 19.1. The van der Waals surface area contributed by atoms with Crippen molar-refractivity contribution in [3.05, 3.63) is 23.8 Å².